The van der Waals surface area contributed by atoms with Crippen LogP contribution in [0.3, 0.4) is 0 Å². The van der Waals surface area contributed by atoms with Gasteiger partial charge in [0.25, 0.3) is 0 Å². The van der Waals surface area contributed by atoms with Crippen LogP contribution in [0, 0.1) is 13.8 Å². The second kappa shape index (κ2) is 12.4. The molecule has 192 valence electrons. The first-order chi connectivity index (χ1) is 19.0. The summed E-state index contributed by atoms with van der Waals surface area (Å²) < 4.78 is 0. The third-order valence-corrected chi connectivity index (χ3v) is 7.51. The zero-order chi connectivity index (χ0) is 27.0. The van der Waals surface area contributed by atoms with Crippen molar-refractivity contribution in [3.05, 3.63) is 177 Å². The zero-order valence-corrected chi connectivity index (χ0v) is 23.1. The lowest BCUT2D eigenvalue weighted by molar-refractivity contribution is 0.657. The second-order valence-electron chi connectivity index (χ2n) is 10.5. The second-order valence-corrected chi connectivity index (χ2v) is 10.5. The van der Waals surface area contributed by atoms with E-state index in [1.807, 2.05) is 0 Å². The van der Waals surface area contributed by atoms with Crippen LogP contribution in [0.25, 0.3) is 24.3 Å². The van der Waals surface area contributed by atoms with Gasteiger partial charge >= 0.3 is 0 Å². The predicted molar refractivity (Wildman–Crippen MR) is 170 cm³/mol. The van der Waals surface area contributed by atoms with Gasteiger partial charge in [0.1, 0.15) is 0 Å². The summed E-state index contributed by atoms with van der Waals surface area (Å²) in [6, 6.07) is 46.2. The Morgan fingerprint density at radius 2 is 0.718 bits per heavy atom. The largest absolute Gasteiger partial charge is 0.0622 e. The van der Waals surface area contributed by atoms with Crippen molar-refractivity contribution in [1.29, 1.82) is 0 Å². The molecule has 0 aliphatic rings. The summed E-state index contributed by atoms with van der Waals surface area (Å²) in [6.45, 7) is 6.60. The van der Waals surface area contributed by atoms with Crippen molar-refractivity contribution in [2.45, 2.75) is 32.6 Å². The highest BCUT2D eigenvalue weighted by atomic mass is 14.3. The van der Waals surface area contributed by atoms with Crippen LogP contribution in [-0.2, 0) is 0 Å². The van der Waals surface area contributed by atoms with Gasteiger partial charge in [-0.2, -0.15) is 0 Å². The van der Waals surface area contributed by atoms with Gasteiger partial charge in [0.2, 0.25) is 0 Å². The van der Waals surface area contributed by atoms with Crippen molar-refractivity contribution in [2.24, 2.45) is 0 Å². The minimum Gasteiger partial charge on any atom is -0.0622 e. The molecule has 0 aliphatic heterocycles. The molecular formula is C39H36. The van der Waals surface area contributed by atoms with Crippen LogP contribution in [0.15, 0.2) is 127 Å². The molecule has 2 atom stereocenters. The van der Waals surface area contributed by atoms with Crippen LogP contribution < -0.4 is 0 Å². The van der Waals surface area contributed by atoms with Gasteiger partial charge in [-0.05, 0) is 58.7 Å². The molecule has 0 radical (unpaired) electrons. The molecule has 5 aromatic rings. The molecule has 39 heavy (non-hydrogen) atoms. The normalized spacial score (nSPS) is 13.1. The molecule has 0 heteroatoms. The molecule has 0 heterocycles. The van der Waals surface area contributed by atoms with E-state index >= 15 is 0 Å². The lowest BCUT2D eigenvalue weighted by Gasteiger charge is -2.26. The van der Waals surface area contributed by atoms with Crippen LogP contribution in [0.5, 0.6) is 0 Å². The van der Waals surface area contributed by atoms with Crippen molar-refractivity contribution >= 4 is 24.3 Å². The fourth-order valence-corrected chi connectivity index (χ4v) is 5.09. The fourth-order valence-electron chi connectivity index (χ4n) is 5.09. The van der Waals surface area contributed by atoms with Crippen molar-refractivity contribution in [3.8, 4) is 0 Å². The minimum atomic E-state index is 0.298. The summed E-state index contributed by atoms with van der Waals surface area (Å²) in [4.78, 5) is 0. The van der Waals surface area contributed by atoms with Crippen LogP contribution in [0.1, 0.15) is 68.8 Å². The van der Waals surface area contributed by atoms with Crippen molar-refractivity contribution < 1.29 is 0 Å². The smallest absolute Gasteiger partial charge is 0.0155 e. The third-order valence-electron chi connectivity index (χ3n) is 7.51. The summed E-state index contributed by atoms with van der Waals surface area (Å²) in [5.41, 5.74) is 11.5. The summed E-state index contributed by atoms with van der Waals surface area (Å²) in [7, 11) is 0. The van der Waals surface area contributed by atoms with Crippen molar-refractivity contribution in [2.75, 3.05) is 0 Å². The average Bonchev–Trinajstić information content (AvgIpc) is 2.98. The Morgan fingerprint density at radius 3 is 1.15 bits per heavy atom. The molecule has 0 fully saturated rings. The number of hydrogen-bond acceptors (Lipinski definition) is 0. The maximum Gasteiger partial charge on any atom is 0.0155 e. The van der Waals surface area contributed by atoms with Gasteiger partial charge in [-0.1, -0.05) is 170 Å². The molecule has 0 aromatic heterocycles. The molecule has 0 amide bonds. The molecule has 0 bridgehead atoms. The van der Waals surface area contributed by atoms with Crippen LogP contribution in [0.2, 0.25) is 0 Å². The maximum absolute atomic E-state index is 2.34. The van der Waals surface area contributed by atoms with Crippen molar-refractivity contribution in [1.82, 2.24) is 0 Å². The van der Waals surface area contributed by atoms with Crippen LogP contribution in [-0.4, -0.2) is 0 Å². The lowest BCUT2D eigenvalue weighted by Crippen LogP contribution is -2.10. The summed E-state index contributed by atoms with van der Waals surface area (Å²) in [6.07, 6.45) is 8.71. The Morgan fingerprint density at radius 1 is 0.385 bits per heavy atom. The Labute approximate surface area is 234 Å². The first-order valence-electron chi connectivity index (χ1n) is 13.8. The van der Waals surface area contributed by atoms with Gasteiger partial charge in [-0.25, -0.2) is 0 Å². The van der Waals surface area contributed by atoms with Crippen LogP contribution >= 0.6 is 0 Å². The van der Waals surface area contributed by atoms with Crippen molar-refractivity contribution in [3.63, 3.8) is 0 Å². The molecule has 5 aromatic carbocycles. The van der Waals surface area contributed by atoms with E-state index in [2.05, 4.69) is 172 Å². The molecule has 0 N–H and O–H groups in total. The molecule has 0 spiro atoms. The highest BCUT2D eigenvalue weighted by molar-refractivity contribution is 5.73. The fraction of sp³-hybridized carbons (Fsp3) is 0.128. The lowest BCUT2D eigenvalue weighted by atomic mass is 9.78. The molecule has 0 nitrogen and oxygen atoms in total. The zero-order valence-electron chi connectivity index (χ0n) is 23.1. The molecule has 2 unspecified atom stereocenters. The van der Waals surface area contributed by atoms with E-state index in [-0.39, 0.29) is 0 Å². The van der Waals surface area contributed by atoms with Gasteiger partial charge < -0.3 is 0 Å². The molecular weight excluding hydrogens is 468 g/mol. The molecule has 0 aliphatic carbocycles. The Bertz CT molecular complexity index is 1520. The first kappa shape index (κ1) is 26.2. The molecule has 0 saturated heterocycles. The molecule has 0 saturated carbocycles. The maximum atomic E-state index is 2.34. The first-order valence-corrected chi connectivity index (χ1v) is 13.8. The Hall–Kier alpha value is -4.42. The average molecular weight is 505 g/mol. The summed E-state index contributed by atoms with van der Waals surface area (Å²) >= 11 is 0. The number of hydrogen-bond donors (Lipinski definition) is 0. The van der Waals surface area contributed by atoms with Gasteiger partial charge in [0.15, 0.2) is 0 Å². The van der Waals surface area contributed by atoms with E-state index in [1.165, 1.54) is 50.1 Å². The third kappa shape index (κ3) is 6.92. The topological polar surface area (TPSA) is 0 Å². The monoisotopic (exact) mass is 504 g/mol. The number of benzene rings is 5. The van der Waals surface area contributed by atoms with Gasteiger partial charge in [-0.3, -0.25) is 0 Å². The van der Waals surface area contributed by atoms with E-state index in [0.29, 0.717) is 11.8 Å². The summed E-state index contributed by atoms with van der Waals surface area (Å²) in [5.74, 6) is 0.667. The highest BCUT2D eigenvalue weighted by Crippen LogP contribution is 2.38. The quantitative estimate of drug-likeness (QED) is 0.184. The van der Waals surface area contributed by atoms with Crippen LogP contribution in [0.4, 0.5) is 0 Å². The van der Waals surface area contributed by atoms with Gasteiger partial charge in [-0.15, -0.1) is 0 Å². The summed E-state index contributed by atoms with van der Waals surface area (Å²) in [5, 5.41) is 0. The Kier molecular flexibility index (Phi) is 8.34. The number of aryl methyl sites for hydroxylation is 2. The SMILES string of the molecule is Cc1ccc(/C=C/c2ccc(/C=C/c3ccc(C(c4ccc(C)cc4)C(C)c4ccccc4)cc3)cc2)cc1. The van der Waals surface area contributed by atoms with Gasteiger partial charge in [0, 0.05) is 5.92 Å². The minimum absolute atomic E-state index is 0.298. The highest BCUT2D eigenvalue weighted by Gasteiger charge is 2.22. The number of rotatable bonds is 8. The van der Waals surface area contributed by atoms with E-state index in [1.54, 1.807) is 0 Å². The van der Waals surface area contributed by atoms with E-state index in [4.69, 9.17) is 0 Å². The Balaban J connectivity index is 1.31. The van der Waals surface area contributed by atoms with E-state index in [9.17, 15) is 0 Å². The van der Waals surface area contributed by atoms with E-state index in [0.717, 1.165) is 0 Å². The predicted octanol–water partition coefficient (Wildman–Crippen LogP) is 10.6. The van der Waals surface area contributed by atoms with E-state index < -0.39 is 0 Å². The van der Waals surface area contributed by atoms with Gasteiger partial charge in [0.05, 0.1) is 0 Å². The standard InChI is InChI=1S/C39H36/c1-29-9-13-32(14-10-29)15-16-33-17-19-34(20-18-33)21-22-35-23-27-38(28-24-35)39(37-25-11-30(2)12-26-37)31(3)36-7-5-4-6-8-36/h4-28,31,39H,1-3H3/b16-15+,22-21+. The molecule has 5 rings (SSSR count).